The Hall–Kier alpha value is -3.17. The number of anilines is 2. The Bertz CT molecular complexity index is 1210. The molecule has 1 aromatic carbocycles. The van der Waals surface area contributed by atoms with E-state index in [9.17, 15) is 9.18 Å². The van der Waals surface area contributed by atoms with Crippen molar-refractivity contribution in [3.05, 3.63) is 53.7 Å². The molecule has 2 aliphatic rings. The van der Waals surface area contributed by atoms with E-state index in [1.165, 1.54) is 13.2 Å². The van der Waals surface area contributed by atoms with Gasteiger partial charge in [0, 0.05) is 49.3 Å². The molecule has 1 spiro atoms. The lowest BCUT2D eigenvalue weighted by atomic mass is 9.86. The van der Waals surface area contributed by atoms with Crippen LogP contribution in [-0.4, -0.2) is 60.3 Å². The van der Waals surface area contributed by atoms with Crippen LogP contribution in [-0.2, 0) is 4.74 Å². The van der Waals surface area contributed by atoms with E-state index in [4.69, 9.17) is 9.47 Å². The lowest BCUT2D eigenvalue weighted by Crippen LogP contribution is -2.61. The number of fused-ring (bicyclic) bond motifs is 1. The number of carbonyl (C=O) groups excluding carboxylic acids is 1. The van der Waals surface area contributed by atoms with E-state index in [2.05, 4.69) is 27.4 Å². The normalized spacial score (nSPS) is 20.0. The number of hydrogen-bond acceptors (Lipinski definition) is 6. The molecule has 4 heterocycles. The molecule has 9 heteroatoms. The second-order valence-electron chi connectivity index (χ2n) is 9.29. The number of benzene rings is 1. The number of ether oxygens (including phenoxy) is 2. The van der Waals surface area contributed by atoms with Crippen LogP contribution < -0.4 is 20.3 Å². The summed E-state index contributed by atoms with van der Waals surface area (Å²) < 4.78 is 28.0. The molecule has 1 atom stereocenters. The molecule has 1 amide bonds. The van der Waals surface area contributed by atoms with E-state index in [1.807, 2.05) is 19.2 Å². The van der Waals surface area contributed by atoms with Crippen molar-refractivity contribution < 1.29 is 18.7 Å². The smallest absolute Gasteiger partial charge is 0.261 e. The number of methoxy groups -OCH3 is 1. The largest absolute Gasteiger partial charge is 0.496 e. The highest BCUT2D eigenvalue weighted by molar-refractivity contribution is 6.06. The van der Waals surface area contributed by atoms with Crippen LogP contribution in [0.15, 0.2) is 36.7 Å². The lowest BCUT2D eigenvalue weighted by Gasteiger charge is -2.46. The van der Waals surface area contributed by atoms with Crippen molar-refractivity contribution in [3.8, 4) is 5.75 Å². The molecule has 0 radical (unpaired) electrons. The van der Waals surface area contributed by atoms with Gasteiger partial charge in [-0.15, -0.1) is 0 Å². The molecule has 2 fully saturated rings. The Kier molecular flexibility index (Phi) is 5.91. The fraction of sp³-hybridized carbons (Fsp3) is 0.440. The van der Waals surface area contributed by atoms with Gasteiger partial charge in [-0.05, 0) is 44.9 Å². The van der Waals surface area contributed by atoms with E-state index >= 15 is 0 Å². The highest BCUT2D eigenvalue weighted by atomic mass is 19.1. The van der Waals surface area contributed by atoms with Gasteiger partial charge in [-0.2, -0.15) is 0 Å². The number of pyridine rings is 1. The zero-order valence-corrected chi connectivity index (χ0v) is 19.7. The fourth-order valence-electron chi connectivity index (χ4n) is 4.76. The molecule has 1 unspecified atom stereocenters. The monoisotopic (exact) mass is 467 g/mol. The van der Waals surface area contributed by atoms with Crippen molar-refractivity contribution in [1.82, 2.24) is 14.7 Å². The lowest BCUT2D eigenvalue weighted by molar-refractivity contribution is -0.0321. The summed E-state index contributed by atoms with van der Waals surface area (Å²) >= 11 is 0. The molecular formula is C25H30FN5O3. The average Bonchev–Trinajstić information content (AvgIpc) is 3.21. The highest BCUT2D eigenvalue weighted by Gasteiger charge is 2.37. The van der Waals surface area contributed by atoms with E-state index < -0.39 is 11.7 Å². The number of halogens is 1. The topological polar surface area (TPSA) is 80.1 Å². The second kappa shape index (κ2) is 8.88. The van der Waals surface area contributed by atoms with Gasteiger partial charge in [0.25, 0.3) is 5.91 Å². The molecule has 8 nitrogen and oxygen atoms in total. The Morgan fingerprint density at radius 2 is 2.09 bits per heavy atom. The molecule has 0 saturated carbocycles. The van der Waals surface area contributed by atoms with Crippen LogP contribution in [0.25, 0.3) is 5.65 Å². The van der Waals surface area contributed by atoms with Crippen molar-refractivity contribution in [3.63, 3.8) is 0 Å². The number of aryl methyl sites for hydroxylation is 1. The third-order valence-corrected chi connectivity index (χ3v) is 6.83. The first-order valence-corrected chi connectivity index (χ1v) is 11.6. The van der Waals surface area contributed by atoms with Gasteiger partial charge in [-0.1, -0.05) is 0 Å². The summed E-state index contributed by atoms with van der Waals surface area (Å²) in [5, 5.41) is 6.33. The van der Waals surface area contributed by atoms with Gasteiger partial charge in [0.15, 0.2) is 0 Å². The van der Waals surface area contributed by atoms with Gasteiger partial charge in [0.1, 0.15) is 17.2 Å². The number of morpholine rings is 1. The highest BCUT2D eigenvalue weighted by Crippen LogP contribution is 2.31. The third-order valence-electron chi connectivity index (χ3n) is 6.83. The SMILES string of the molecule is COc1cc2nc(C)cn2cc1C(=O)Nc1ccc(N2CCC3(CC2)COC(C)CN3)cc1F. The maximum Gasteiger partial charge on any atom is 0.261 e. The Morgan fingerprint density at radius 1 is 1.29 bits per heavy atom. The van der Waals surface area contributed by atoms with Crippen LogP contribution in [0.2, 0.25) is 0 Å². The van der Waals surface area contributed by atoms with Crippen LogP contribution in [0, 0.1) is 12.7 Å². The molecule has 2 saturated heterocycles. The maximum absolute atomic E-state index is 15.0. The molecule has 3 aromatic rings. The van der Waals surface area contributed by atoms with Gasteiger partial charge in [-0.25, -0.2) is 9.37 Å². The average molecular weight is 468 g/mol. The minimum atomic E-state index is -0.474. The Morgan fingerprint density at radius 3 is 2.76 bits per heavy atom. The first-order chi connectivity index (χ1) is 16.4. The number of nitrogens with zero attached hydrogens (tertiary/aromatic N) is 3. The van der Waals surface area contributed by atoms with Crippen LogP contribution >= 0.6 is 0 Å². The standard InChI is InChI=1S/C25H30FN5O3/c1-16-13-31-14-19(22(33-3)11-23(31)28-16)24(32)29-21-5-4-18(10-20(21)26)30-8-6-25(7-9-30)15-34-17(2)12-27-25/h4-5,10-11,13-14,17,27H,6-9,12,15H2,1-3H3,(H,29,32). The van der Waals surface area contributed by atoms with Crippen LogP contribution in [0.1, 0.15) is 35.8 Å². The summed E-state index contributed by atoms with van der Waals surface area (Å²) in [6, 6.07) is 6.64. The molecular weight excluding hydrogens is 437 g/mol. The zero-order chi connectivity index (χ0) is 23.9. The quantitative estimate of drug-likeness (QED) is 0.612. The second-order valence-corrected chi connectivity index (χ2v) is 9.29. The summed E-state index contributed by atoms with van der Waals surface area (Å²) in [6.07, 6.45) is 5.58. The van der Waals surface area contributed by atoms with E-state index in [0.29, 0.717) is 17.0 Å². The first-order valence-electron chi connectivity index (χ1n) is 11.6. The number of aromatic nitrogens is 2. The zero-order valence-electron chi connectivity index (χ0n) is 19.7. The van der Waals surface area contributed by atoms with Crippen molar-refractivity contribution in [2.24, 2.45) is 0 Å². The van der Waals surface area contributed by atoms with Crippen LogP contribution in [0.3, 0.4) is 0 Å². The molecule has 0 bridgehead atoms. The van der Waals surface area contributed by atoms with Crippen molar-refractivity contribution >= 4 is 22.9 Å². The third kappa shape index (κ3) is 4.33. The number of piperidine rings is 1. The van der Waals surface area contributed by atoms with Crippen molar-refractivity contribution in [2.75, 3.05) is 43.6 Å². The summed E-state index contributed by atoms with van der Waals surface area (Å²) in [5.74, 6) is -0.545. The molecule has 5 rings (SSSR count). The Labute approximate surface area is 198 Å². The van der Waals surface area contributed by atoms with Gasteiger partial charge in [0.05, 0.1) is 36.8 Å². The summed E-state index contributed by atoms with van der Waals surface area (Å²) in [5.41, 5.74) is 2.75. The van der Waals surface area contributed by atoms with E-state index in [1.54, 1.807) is 22.7 Å². The van der Waals surface area contributed by atoms with Crippen molar-refractivity contribution in [2.45, 2.75) is 38.3 Å². The van der Waals surface area contributed by atoms with E-state index in [-0.39, 0.29) is 17.3 Å². The number of nitrogens with one attached hydrogen (secondary N) is 2. The predicted molar refractivity (Wildman–Crippen MR) is 128 cm³/mol. The first kappa shape index (κ1) is 22.6. The summed E-state index contributed by atoms with van der Waals surface area (Å²) in [7, 11) is 1.49. The maximum atomic E-state index is 15.0. The van der Waals surface area contributed by atoms with Gasteiger partial charge in [0.2, 0.25) is 0 Å². The molecule has 34 heavy (non-hydrogen) atoms. The molecule has 180 valence electrons. The van der Waals surface area contributed by atoms with Crippen molar-refractivity contribution in [1.29, 1.82) is 0 Å². The minimum Gasteiger partial charge on any atom is -0.496 e. The van der Waals surface area contributed by atoms with Gasteiger partial charge in [-0.3, -0.25) is 4.79 Å². The number of amides is 1. The predicted octanol–water partition coefficient (Wildman–Crippen LogP) is 3.39. The van der Waals surface area contributed by atoms with Crippen LogP contribution in [0.4, 0.5) is 15.8 Å². The van der Waals surface area contributed by atoms with E-state index in [0.717, 1.165) is 50.5 Å². The summed E-state index contributed by atoms with van der Waals surface area (Å²) in [4.78, 5) is 19.5. The molecule has 2 N–H and O–H groups in total. The molecule has 2 aromatic heterocycles. The van der Waals surface area contributed by atoms with Crippen LogP contribution in [0.5, 0.6) is 5.75 Å². The summed E-state index contributed by atoms with van der Waals surface area (Å²) in [6.45, 7) is 7.16. The minimum absolute atomic E-state index is 0.0173. The number of rotatable bonds is 4. The van der Waals surface area contributed by atoms with Gasteiger partial charge < -0.3 is 29.4 Å². The molecule has 0 aliphatic carbocycles. The number of hydrogen-bond donors (Lipinski definition) is 2. The van der Waals surface area contributed by atoms with Gasteiger partial charge >= 0.3 is 0 Å². The Balaban J connectivity index is 1.28. The fourth-order valence-corrected chi connectivity index (χ4v) is 4.76. The number of imidazole rings is 1. The number of carbonyl (C=O) groups is 1. The molecule has 2 aliphatic heterocycles.